The molecule has 0 bridgehead atoms. The fraction of sp³-hybridized carbons (Fsp3) is 0.500. The van der Waals surface area contributed by atoms with E-state index >= 15 is 0 Å². The van der Waals surface area contributed by atoms with Crippen LogP contribution in [0.15, 0.2) is 18.2 Å². The molecule has 1 unspecified atom stereocenters. The van der Waals surface area contributed by atoms with Crippen LogP contribution in [0.5, 0.6) is 0 Å². The number of rotatable bonds is 4. The molecule has 1 aliphatic heterocycles. The minimum atomic E-state index is -0.242. The molecule has 112 valence electrons. The molecule has 5 nitrogen and oxygen atoms in total. The molecule has 1 N–H and O–H groups in total. The number of morpholine rings is 1. The van der Waals surface area contributed by atoms with Crippen LogP contribution in [0.1, 0.15) is 23.6 Å². The van der Waals surface area contributed by atoms with E-state index in [0.717, 1.165) is 17.7 Å². The summed E-state index contributed by atoms with van der Waals surface area (Å²) in [6.07, 6.45) is 0. The van der Waals surface area contributed by atoms with Gasteiger partial charge in [-0.25, -0.2) is 0 Å². The highest BCUT2D eigenvalue weighted by Crippen LogP contribution is 2.17. The summed E-state index contributed by atoms with van der Waals surface area (Å²) >= 11 is 0. The number of nitrogens with one attached hydrogen (secondary N) is 1. The van der Waals surface area contributed by atoms with Crippen LogP contribution in [0, 0.1) is 18.3 Å². The number of ether oxygens (including phenoxy) is 1. The zero-order valence-corrected chi connectivity index (χ0v) is 12.6. The van der Waals surface area contributed by atoms with Gasteiger partial charge < -0.3 is 10.1 Å². The van der Waals surface area contributed by atoms with Crippen LogP contribution in [-0.4, -0.2) is 43.2 Å². The van der Waals surface area contributed by atoms with Gasteiger partial charge in [0.05, 0.1) is 24.8 Å². The van der Waals surface area contributed by atoms with Gasteiger partial charge >= 0.3 is 0 Å². The van der Waals surface area contributed by atoms with Crippen molar-refractivity contribution in [3.8, 4) is 6.07 Å². The molecule has 1 heterocycles. The van der Waals surface area contributed by atoms with Crippen LogP contribution < -0.4 is 5.32 Å². The molecule has 1 aromatic carbocycles. The number of benzene rings is 1. The third-order valence-electron chi connectivity index (χ3n) is 3.74. The number of nitrogens with zero attached hydrogens (tertiary/aromatic N) is 2. The van der Waals surface area contributed by atoms with Crippen molar-refractivity contribution in [1.82, 2.24) is 10.2 Å². The summed E-state index contributed by atoms with van der Waals surface area (Å²) in [7, 11) is 0. The van der Waals surface area contributed by atoms with Crippen molar-refractivity contribution in [3.05, 3.63) is 34.9 Å². The van der Waals surface area contributed by atoms with Gasteiger partial charge in [0.25, 0.3) is 0 Å². The third kappa shape index (κ3) is 3.81. The molecule has 21 heavy (non-hydrogen) atoms. The molecule has 0 radical (unpaired) electrons. The number of amides is 1. The summed E-state index contributed by atoms with van der Waals surface area (Å²) in [4.78, 5) is 14.2. The Bertz CT molecular complexity index is 551. The van der Waals surface area contributed by atoms with Crippen LogP contribution in [0.4, 0.5) is 0 Å². The quantitative estimate of drug-likeness (QED) is 0.904. The first-order chi connectivity index (χ1) is 10.2. The van der Waals surface area contributed by atoms with Crippen molar-refractivity contribution in [2.75, 3.05) is 26.3 Å². The number of carbonyl (C=O) groups is 1. The fourth-order valence-corrected chi connectivity index (χ4v) is 2.52. The van der Waals surface area contributed by atoms with Gasteiger partial charge in [0.1, 0.15) is 6.04 Å². The standard InChI is InChI=1S/C16H21N3O2/c1-3-18-16(20)15-11-21-7-6-19(15)10-14-5-4-13(9-17)8-12(14)2/h4-5,8,15H,3,6-7,10-11H2,1-2H3,(H,18,20). The Morgan fingerprint density at radius 1 is 1.57 bits per heavy atom. The van der Waals surface area contributed by atoms with Gasteiger partial charge in [0, 0.05) is 19.6 Å². The smallest absolute Gasteiger partial charge is 0.239 e. The average Bonchev–Trinajstić information content (AvgIpc) is 2.50. The Morgan fingerprint density at radius 3 is 3.05 bits per heavy atom. The van der Waals surface area contributed by atoms with Crippen molar-refractivity contribution >= 4 is 5.91 Å². The first-order valence-corrected chi connectivity index (χ1v) is 7.24. The summed E-state index contributed by atoms with van der Waals surface area (Å²) in [5.74, 6) is 0.0171. The molecule has 0 saturated carbocycles. The summed E-state index contributed by atoms with van der Waals surface area (Å²) in [6.45, 7) is 7.05. The van der Waals surface area contributed by atoms with Gasteiger partial charge in [-0.15, -0.1) is 0 Å². The largest absolute Gasteiger partial charge is 0.378 e. The Balaban J connectivity index is 2.12. The van der Waals surface area contributed by atoms with Gasteiger partial charge in [-0.05, 0) is 37.1 Å². The fourth-order valence-electron chi connectivity index (χ4n) is 2.52. The molecule has 5 heteroatoms. The Kier molecular flexibility index (Phi) is 5.32. The van der Waals surface area contributed by atoms with Gasteiger partial charge in [-0.1, -0.05) is 6.07 Å². The van der Waals surface area contributed by atoms with Crippen molar-refractivity contribution in [3.63, 3.8) is 0 Å². The molecule has 0 aromatic heterocycles. The molecular formula is C16H21N3O2. The van der Waals surface area contributed by atoms with Crippen LogP contribution >= 0.6 is 0 Å². The Hall–Kier alpha value is -1.90. The number of likely N-dealkylation sites (N-methyl/N-ethyl adjacent to an activating group) is 1. The van der Waals surface area contributed by atoms with Crippen molar-refractivity contribution in [2.45, 2.75) is 26.4 Å². The summed E-state index contributed by atoms with van der Waals surface area (Å²) in [6, 6.07) is 7.58. The van der Waals surface area contributed by atoms with Crippen LogP contribution in [0.25, 0.3) is 0 Å². The maximum atomic E-state index is 12.1. The van der Waals surface area contributed by atoms with E-state index in [1.54, 1.807) is 0 Å². The number of carbonyl (C=O) groups excluding carboxylic acids is 1. The van der Waals surface area contributed by atoms with Gasteiger partial charge in [0.2, 0.25) is 5.91 Å². The molecule has 1 aromatic rings. The van der Waals surface area contributed by atoms with Gasteiger partial charge in [-0.2, -0.15) is 5.26 Å². The predicted octanol–water partition coefficient (Wildman–Crippen LogP) is 1.20. The zero-order valence-electron chi connectivity index (χ0n) is 12.6. The lowest BCUT2D eigenvalue weighted by atomic mass is 10.0. The summed E-state index contributed by atoms with van der Waals surface area (Å²) in [5, 5.41) is 11.8. The molecule has 1 fully saturated rings. The number of nitriles is 1. The Morgan fingerprint density at radius 2 is 2.38 bits per heavy atom. The molecule has 1 atom stereocenters. The van der Waals surface area contributed by atoms with E-state index in [-0.39, 0.29) is 11.9 Å². The highest BCUT2D eigenvalue weighted by atomic mass is 16.5. The highest BCUT2D eigenvalue weighted by molar-refractivity contribution is 5.81. The molecule has 1 amide bonds. The molecule has 0 aliphatic carbocycles. The predicted molar refractivity (Wildman–Crippen MR) is 79.6 cm³/mol. The first-order valence-electron chi connectivity index (χ1n) is 7.24. The van der Waals surface area contributed by atoms with E-state index in [0.29, 0.717) is 31.9 Å². The Labute approximate surface area is 125 Å². The maximum absolute atomic E-state index is 12.1. The second-order valence-corrected chi connectivity index (χ2v) is 5.21. The number of aryl methyl sites for hydroxylation is 1. The average molecular weight is 287 g/mol. The highest BCUT2D eigenvalue weighted by Gasteiger charge is 2.29. The van der Waals surface area contributed by atoms with E-state index in [4.69, 9.17) is 10.00 Å². The lowest BCUT2D eigenvalue weighted by Gasteiger charge is -2.34. The lowest BCUT2D eigenvalue weighted by molar-refractivity contribution is -0.132. The number of hydrogen-bond donors (Lipinski definition) is 1. The van der Waals surface area contributed by atoms with E-state index in [2.05, 4.69) is 16.3 Å². The minimum absolute atomic E-state index is 0.0171. The third-order valence-corrected chi connectivity index (χ3v) is 3.74. The number of hydrogen-bond acceptors (Lipinski definition) is 4. The van der Waals surface area contributed by atoms with Crippen LogP contribution in [0.2, 0.25) is 0 Å². The maximum Gasteiger partial charge on any atom is 0.239 e. The zero-order chi connectivity index (χ0) is 15.2. The van der Waals surface area contributed by atoms with Crippen LogP contribution in [-0.2, 0) is 16.1 Å². The van der Waals surface area contributed by atoms with Crippen molar-refractivity contribution in [1.29, 1.82) is 5.26 Å². The normalized spacial score (nSPS) is 19.0. The van der Waals surface area contributed by atoms with Gasteiger partial charge in [-0.3, -0.25) is 9.69 Å². The SMILES string of the molecule is CCNC(=O)C1COCCN1Cc1ccc(C#N)cc1C. The molecule has 1 aliphatic rings. The monoisotopic (exact) mass is 287 g/mol. The second-order valence-electron chi connectivity index (χ2n) is 5.21. The van der Waals surface area contributed by atoms with Crippen molar-refractivity contribution < 1.29 is 9.53 Å². The van der Waals surface area contributed by atoms with Crippen LogP contribution in [0.3, 0.4) is 0 Å². The molecule has 0 spiro atoms. The van der Waals surface area contributed by atoms with E-state index in [1.807, 2.05) is 32.0 Å². The molecule has 1 saturated heterocycles. The second kappa shape index (κ2) is 7.21. The van der Waals surface area contributed by atoms with E-state index in [1.165, 1.54) is 0 Å². The molecular weight excluding hydrogens is 266 g/mol. The summed E-state index contributed by atoms with van der Waals surface area (Å²) in [5.41, 5.74) is 2.89. The first kappa shape index (κ1) is 15.5. The molecule has 2 rings (SSSR count). The van der Waals surface area contributed by atoms with Gasteiger partial charge in [0.15, 0.2) is 0 Å². The summed E-state index contributed by atoms with van der Waals surface area (Å²) < 4.78 is 5.44. The van der Waals surface area contributed by atoms with E-state index < -0.39 is 0 Å². The van der Waals surface area contributed by atoms with Crippen molar-refractivity contribution in [2.24, 2.45) is 0 Å². The topological polar surface area (TPSA) is 65.4 Å². The van der Waals surface area contributed by atoms with E-state index in [9.17, 15) is 4.79 Å². The lowest BCUT2D eigenvalue weighted by Crippen LogP contribution is -2.53. The minimum Gasteiger partial charge on any atom is -0.378 e.